The van der Waals surface area contributed by atoms with Crippen LogP contribution in [0.25, 0.3) is 0 Å². The summed E-state index contributed by atoms with van der Waals surface area (Å²) in [4.78, 5) is 7.05. The van der Waals surface area contributed by atoms with E-state index in [1.807, 2.05) is 6.20 Å². The molecular formula is C7H10N2O. The molecule has 3 nitrogen and oxygen atoms in total. The Hall–Kier alpha value is -0.830. The quantitative estimate of drug-likeness (QED) is 0.620. The van der Waals surface area contributed by atoms with Crippen molar-refractivity contribution in [3.8, 4) is 0 Å². The van der Waals surface area contributed by atoms with Crippen molar-refractivity contribution in [2.45, 2.75) is 12.3 Å². The minimum Gasteiger partial charge on any atom is -0.379 e. The van der Waals surface area contributed by atoms with Gasteiger partial charge in [0.2, 0.25) is 0 Å². The smallest absolute Gasteiger partial charge is 0.0921 e. The molecule has 1 aliphatic rings. The van der Waals surface area contributed by atoms with Gasteiger partial charge in [-0.25, -0.2) is 4.98 Å². The van der Waals surface area contributed by atoms with E-state index in [2.05, 4.69) is 16.9 Å². The van der Waals surface area contributed by atoms with Crippen LogP contribution in [0, 0.1) is 0 Å². The van der Waals surface area contributed by atoms with E-state index in [-0.39, 0.29) is 5.41 Å². The molecule has 2 heterocycles. The van der Waals surface area contributed by atoms with E-state index < -0.39 is 0 Å². The number of nitrogens with one attached hydrogen (secondary N) is 1. The van der Waals surface area contributed by atoms with Crippen LogP contribution in [0.4, 0.5) is 0 Å². The highest BCUT2D eigenvalue weighted by molar-refractivity contribution is 5.14. The Bertz CT molecular complexity index is 214. The number of aromatic nitrogens is 2. The van der Waals surface area contributed by atoms with Gasteiger partial charge in [0.05, 0.1) is 25.0 Å². The highest BCUT2D eigenvalue weighted by Crippen LogP contribution is 2.29. The molecule has 1 aromatic rings. The topological polar surface area (TPSA) is 37.9 Å². The summed E-state index contributed by atoms with van der Waals surface area (Å²) in [6.45, 7) is 3.80. The Morgan fingerprint density at radius 3 is 2.90 bits per heavy atom. The van der Waals surface area contributed by atoms with Gasteiger partial charge in [-0.15, -0.1) is 0 Å². The Kier molecular flexibility index (Phi) is 1.08. The monoisotopic (exact) mass is 138 g/mol. The lowest BCUT2D eigenvalue weighted by atomic mass is 9.85. The average Bonchev–Trinajstić information content (AvgIpc) is 2.33. The highest BCUT2D eigenvalue weighted by atomic mass is 16.5. The molecule has 0 amide bonds. The Labute approximate surface area is 59.4 Å². The lowest BCUT2D eigenvalue weighted by Crippen LogP contribution is -2.44. The average molecular weight is 138 g/mol. The first kappa shape index (κ1) is 5.92. The summed E-state index contributed by atoms with van der Waals surface area (Å²) in [6, 6.07) is 0. The maximum absolute atomic E-state index is 5.11. The fourth-order valence-electron chi connectivity index (χ4n) is 1.15. The molecule has 1 fully saturated rings. The summed E-state index contributed by atoms with van der Waals surface area (Å²) in [5.41, 5.74) is 1.38. The van der Waals surface area contributed by atoms with Crippen molar-refractivity contribution in [2.24, 2.45) is 0 Å². The van der Waals surface area contributed by atoms with Gasteiger partial charge in [-0.05, 0) is 6.92 Å². The van der Waals surface area contributed by atoms with Gasteiger partial charge >= 0.3 is 0 Å². The zero-order valence-corrected chi connectivity index (χ0v) is 5.92. The maximum atomic E-state index is 5.11. The number of rotatable bonds is 1. The number of H-pyrrole nitrogens is 1. The molecule has 54 valence electrons. The Balaban J connectivity index is 2.27. The van der Waals surface area contributed by atoms with Crippen molar-refractivity contribution in [2.75, 3.05) is 13.2 Å². The number of ether oxygens (including phenoxy) is 1. The normalized spacial score (nSPS) is 22.1. The molecule has 0 aliphatic carbocycles. The predicted molar refractivity (Wildman–Crippen MR) is 36.8 cm³/mol. The predicted octanol–water partition coefficient (Wildman–Crippen LogP) is 0.698. The molecule has 0 spiro atoms. The lowest BCUT2D eigenvalue weighted by Gasteiger charge is -2.36. The molecule has 0 unspecified atom stereocenters. The molecule has 1 aliphatic heterocycles. The Morgan fingerprint density at radius 1 is 1.70 bits per heavy atom. The van der Waals surface area contributed by atoms with Crippen molar-refractivity contribution in [1.82, 2.24) is 9.97 Å². The zero-order valence-electron chi connectivity index (χ0n) is 5.92. The van der Waals surface area contributed by atoms with Crippen LogP contribution in [0.15, 0.2) is 12.5 Å². The van der Waals surface area contributed by atoms with Gasteiger partial charge in [0.25, 0.3) is 0 Å². The number of hydrogen-bond acceptors (Lipinski definition) is 2. The molecule has 1 saturated heterocycles. The second-order valence-electron chi connectivity index (χ2n) is 3.02. The molecule has 1 N–H and O–H groups in total. The molecule has 0 atom stereocenters. The summed E-state index contributed by atoms with van der Waals surface area (Å²) in [7, 11) is 0. The largest absolute Gasteiger partial charge is 0.379 e. The minimum absolute atomic E-state index is 0.205. The minimum atomic E-state index is 0.205. The van der Waals surface area contributed by atoms with Crippen molar-refractivity contribution in [3.63, 3.8) is 0 Å². The van der Waals surface area contributed by atoms with Crippen LogP contribution >= 0.6 is 0 Å². The first-order valence-electron chi connectivity index (χ1n) is 3.38. The molecule has 2 rings (SSSR count). The Morgan fingerprint density at radius 2 is 2.50 bits per heavy atom. The third-order valence-electron chi connectivity index (χ3n) is 1.99. The van der Waals surface area contributed by atoms with Gasteiger partial charge < -0.3 is 9.72 Å². The van der Waals surface area contributed by atoms with Gasteiger partial charge in [-0.1, -0.05) is 0 Å². The van der Waals surface area contributed by atoms with Crippen LogP contribution in [-0.2, 0) is 10.2 Å². The van der Waals surface area contributed by atoms with Gasteiger partial charge in [-0.3, -0.25) is 0 Å². The van der Waals surface area contributed by atoms with Gasteiger partial charge in [0.1, 0.15) is 0 Å². The number of imidazole rings is 1. The molecule has 0 aromatic carbocycles. The van der Waals surface area contributed by atoms with Crippen LogP contribution in [-0.4, -0.2) is 23.2 Å². The van der Waals surface area contributed by atoms with Gasteiger partial charge in [0, 0.05) is 11.9 Å². The molecule has 3 heteroatoms. The van der Waals surface area contributed by atoms with Crippen LogP contribution in [0.2, 0.25) is 0 Å². The third-order valence-corrected chi connectivity index (χ3v) is 1.99. The van der Waals surface area contributed by atoms with Gasteiger partial charge in [-0.2, -0.15) is 0 Å². The van der Waals surface area contributed by atoms with E-state index in [0.717, 1.165) is 13.2 Å². The summed E-state index contributed by atoms with van der Waals surface area (Å²) >= 11 is 0. The first-order valence-corrected chi connectivity index (χ1v) is 3.38. The molecule has 0 bridgehead atoms. The number of aromatic amines is 1. The molecular weight excluding hydrogens is 128 g/mol. The summed E-state index contributed by atoms with van der Waals surface area (Å²) < 4.78 is 5.11. The van der Waals surface area contributed by atoms with E-state index in [9.17, 15) is 0 Å². The highest BCUT2D eigenvalue weighted by Gasteiger charge is 2.36. The third kappa shape index (κ3) is 0.671. The second kappa shape index (κ2) is 1.83. The van der Waals surface area contributed by atoms with E-state index in [1.54, 1.807) is 6.33 Å². The van der Waals surface area contributed by atoms with E-state index in [1.165, 1.54) is 5.69 Å². The van der Waals surface area contributed by atoms with Crippen LogP contribution < -0.4 is 0 Å². The molecule has 0 radical (unpaired) electrons. The van der Waals surface area contributed by atoms with Crippen LogP contribution in [0.5, 0.6) is 0 Å². The van der Waals surface area contributed by atoms with Crippen LogP contribution in [0.3, 0.4) is 0 Å². The van der Waals surface area contributed by atoms with Crippen molar-refractivity contribution in [3.05, 3.63) is 18.2 Å². The SMILES string of the molecule is CC1(c2cnc[nH]2)COC1. The fourth-order valence-corrected chi connectivity index (χ4v) is 1.15. The van der Waals surface area contributed by atoms with Gasteiger partial charge in [0.15, 0.2) is 0 Å². The molecule has 10 heavy (non-hydrogen) atoms. The lowest BCUT2D eigenvalue weighted by molar-refractivity contribution is -0.0519. The summed E-state index contributed by atoms with van der Waals surface area (Å²) in [5, 5.41) is 0. The number of hydrogen-bond donors (Lipinski definition) is 1. The molecule has 1 aromatic heterocycles. The zero-order chi connectivity index (χ0) is 7.03. The fraction of sp³-hybridized carbons (Fsp3) is 0.571. The second-order valence-corrected chi connectivity index (χ2v) is 3.02. The summed E-state index contributed by atoms with van der Waals surface area (Å²) in [6.07, 6.45) is 3.57. The standard InChI is InChI=1S/C7H10N2O/c1-7(3-10-4-7)6-2-8-5-9-6/h2,5H,3-4H2,1H3,(H,8,9). The van der Waals surface area contributed by atoms with Crippen molar-refractivity contribution >= 4 is 0 Å². The maximum Gasteiger partial charge on any atom is 0.0921 e. The van der Waals surface area contributed by atoms with E-state index in [4.69, 9.17) is 4.74 Å². The van der Waals surface area contributed by atoms with Crippen molar-refractivity contribution < 1.29 is 4.74 Å². The van der Waals surface area contributed by atoms with Crippen LogP contribution in [0.1, 0.15) is 12.6 Å². The summed E-state index contributed by atoms with van der Waals surface area (Å²) in [5.74, 6) is 0. The van der Waals surface area contributed by atoms with E-state index in [0.29, 0.717) is 0 Å². The van der Waals surface area contributed by atoms with E-state index >= 15 is 0 Å². The molecule has 0 saturated carbocycles. The first-order chi connectivity index (χ1) is 4.81. The number of nitrogens with zero attached hydrogens (tertiary/aromatic N) is 1. The van der Waals surface area contributed by atoms with Crippen molar-refractivity contribution in [1.29, 1.82) is 0 Å².